The van der Waals surface area contributed by atoms with Crippen molar-refractivity contribution < 1.29 is 14.4 Å². The number of hydrogen-bond acceptors (Lipinski definition) is 5. The van der Waals surface area contributed by atoms with E-state index in [1.54, 1.807) is 6.92 Å². The molecule has 1 unspecified atom stereocenters. The highest BCUT2D eigenvalue weighted by Gasteiger charge is 2.12. The van der Waals surface area contributed by atoms with Gasteiger partial charge in [0, 0.05) is 19.5 Å². The largest absolute Gasteiger partial charge is 0.481 e. The molecule has 0 aliphatic rings. The van der Waals surface area contributed by atoms with Gasteiger partial charge >= 0.3 is 5.97 Å². The highest BCUT2D eigenvalue weighted by molar-refractivity contribution is 5.75. The molecule has 0 aliphatic carbocycles. The Morgan fingerprint density at radius 2 is 2.15 bits per heavy atom. The van der Waals surface area contributed by atoms with Crippen molar-refractivity contribution in [3.05, 3.63) is 47.6 Å². The molecule has 0 amide bonds. The number of benzene rings is 1. The van der Waals surface area contributed by atoms with Crippen molar-refractivity contribution in [3.8, 4) is 0 Å². The molecular weight excluding hydrogens is 258 g/mol. The molecule has 106 valence electrons. The predicted octanol–water partition coefficient (Wildman–Crippen LogP) is 1.59. The third kappa shape index (κ3) is 3.89. The van der Waals surface area contributed by atoms with Gasteiger partial charge in [0.1, 0.15) is 0 Å². The van der Waals surface area contributed by atoms with Crippen LogP contribution in [0.15, 0.2) is 35.2 Å². The molecule has 6 nitrogen and oxygen atoms in total. The molecule has 1 atom stereocenters. The molecule has 0 saturated heterocycles. The maximum atomic E-state index is 10.9. The van der Waals surface area contributed by atoms with Gasteiger partial charge in [-0.1, -0.05) is 29.4 Å². The number of carboxylic acid groups (broad SMARTS) is 1. The second kappa shape index (κ2) is 6.81. The standard InChI is InChI=1S/C14H17N3O3/c1-10(14(18)19)12-4-2-11(3-5-12)8-15-7-6-13-16-9-20-17-13/h2-5,9-10,15H,6-8H2,1H3,(H,18,19). The lowest BCUT2D eigenvalue weighted by Crippen LogP contribution is -2.17. The number of nitrogens with one attached hydrogen (secondary N) is 1. The minimum Gasteiger partial charge on any atom is -0.481 e. The normalized spacial score (nSPS) is 12.2. The van der Waals surface area contributed by atoms with Crippen LogP contribution in [0.2, 0.25) is 0 Å². The van der Waals surface area contributed by atoms with Gasteiger partial charge in [-0.25, -0.2) is 0 Å². The van der Waals surface area contributed by atoms with E-state index in [9.17, 15) is 4.79 Å². The summed E-state index contributed by atoms with van der Waals surface area (Å²) < 4.78 is 4.65. The second-order valence-corrected chi connectivity index (χ2v) is 4.58. The van der Waals surface area contributed by atoms with E-state index in [1.165, 1.54) is 6.39 Å². The highest BCUT2D eigenvalue weighted by atomic mass is 16.5. The summed E-state index contributed by atoms with van der Waals surface area (Å²) in [7, 11) is 0. The van der Waals surface area contributed by atoms with E-state index in [1.807, 2.05) is 24.3 Å². The number of carboxylic acids is 1. The van der Waals surface area contributed by atoms with Gasteiger partial charge in [-0.15, -0.1) is 0 Å². The fourth-order valence-electron chi connectivity index (χ4n) is 1.80. The monoisotopic (exact) mass is 275 g/mol. The van der Waals surface area contributed by atoms with Gasteiger partial charge in [-0.05, 0) is 18.1 Å². The fourth-order valence-corrected chi connectivity index (χ4v) is 1.80. The topological polar surface area (TPSA) is 88.2 Å². The zero-order valence-electron chi connectivity index (χ0n) is 11.2. The molecule has 0 spiro atoms. The SMILES string of the molecule is CC(C(=O)O)c1ccc(CNCCc2ncon2)cc1. The maximum absolute atomic E-state index is 10.9. The van der Waals surface area contributed by atoms with E-state index in [-0.39, 0.29) is 0 Å². The molecule has 1 aromatic heterocycles. The van der Waals surface area contributed by atoms with Crippen LogP contribution in [0.4, 0.5) is 0 Å². The van der Waals surface area contributed by atoms with E-state index in [2.05, 4.69) is 20.0 Å². The summed E-state index contributed by atoms with van der Waals surface area (Å²) in [5.41, 5.74) is 1.92. The first-order chi connectivity index (χ1) is 9.66. The Hall–Kier alpha value is -2.21. The summed E-state index contributed by atoms with van der Waals surface area (Å²) in [4.78, 5) is 14.8. The third-order valence-corrected chi connectivity index (χ3v) is 3.11. The molecule has 0 saturated carbocycles. The lowest BCUT2D eigenvalue weighted by molar-refractivity contribution is -0.138. The maximum Gasteiger partial charge on any atom is 0.310 e. The van der Waals surface area contributed by atoms with Crippen LogP contribution in [0.25, 0.3) is 0 Å². The molecular formula is C14H17N3O3. The van der Waals surface area contributed by atoms with Gasteiger partial charge in [-0.3, -0.25) is 4.79 Å². The molecule has 0 fully saturated rings. The van der Waals surface area contributed by atoms with Crippen molar-refractivity contribution >= 4 is 5.97 Å². The summed E-state index contributed by atoms with van der Waals surface area (Å²) in [6, 6.07) is 7.59. The van der Waals surface area contributed by atoms with Crippen LogP contribution in [-0.2, 0) is 17.8 Å². The van der Waals surface area contributed by atoms with Crippen LogP contribution in [0.1, 0.15) is 29.8 Å². The van der Waals surface area contributed by atoms with E-state index in [4.69, 9.17) is 5.11 Å². The molecule has 0 radical (unpaired) electrons. The molecule has 1 heterocycles. The number of nitrogens with zero attached hydrogens (tertiary/aromatic N) is 2. The quantitative estimate of drug-likeness (QED) is 0.746. The lowest BCUT2D eigenvalue weighted by atomic mass is 10.0. The summed E-state index contributed by atoms with van der Waals surface area (Å²) in [5.74, 6) is -0.602. The van der Waals surface area contributed by atoms with Crippen molar-refractivity contribution in [3.63, 3.8) is 0 Å². The second-order valence-electron chi connectivity index (χ2n) is 4.58. The first-order valence-corrected chi connectivity index (χ1v) is 6.44. The first-order valence-electron chi connectivity index (χ1n) is 6.44. The van der Waals surface area contributed by atoms with Gasteiger partial charge in [0.05, 0.1) is 5.92 Å². The smallest absolute Gasteiger partial charge is 0.310 e. The molecule has 2 aromatic rings. The average Bonchev–Trinajstić information content (AvgIpc) is 2.96. The number of hydrogen-bond donors (Lipinski definition) is 2. The zero-order chi connectivity index (χ0) is 14.4. The molecule has 1 aromatic carbocycles. The third-order valence-electron chi connectivity index (χ3n) is 3.11. The van der Waals surface area contributed by atoms with Crippen molar-refractivity contribution in [1.29, 1.82) is 0 Å². The van der Waals surface area contributed by atoms with E-state index >= 15 is 0 Å². The molecule has 2 N–H and O–H groups in total. The minimum atomic E-state index is -0.809. The van der Waals surface area contributed by atoms with Crippen LogP contribution in [-0.4, -0.2) is 27.8 Å². The Morgan fingerprint density at radius 3 is 2.75 bits per heavy atom. The van der Waals surface area contributed by atoms with Crippen LogP contribution < -0.4 is 5.32 Å². The summed E-state index contributed by atoms with van der Waals surface area (Å²) in [6.07, 6.45) is 2.03. The van der Waals surface area contributed by atoms with Crippen molar-refractivity contribution in [1.82, 2.24) is 15.5 Å². The van der Waals surface area contributed by atoms with Gasteiger partial charge < -0.3 is 14.9 Å². The van der Waals surface area contributed by atoms with Crippen LogP contribution >= 0.6 is 0 Å². The average molecular weight is 275 g/mol. The molecule has 6 heteroatoms. The molecule has 0 bridgehead atoms. The number of rotatable bonds is 7. The van der Waals surface area contributed by atoms with E-state index < -0.39 is 11.9 Å². The van der Waals surface area contributed by atoms with Gasteiger partial charge in [-0.2, -0.15) is 4.98 Å². The highest BCUT2D eigenvalue weighted by Crippen LogP contribution is 2.15. The van der Waals surface area contributed by atoms with Gasteiger partial charge in [0.25, 0.3) is 0 Å². The zero-order valence-corrected chi connectivity index (χ0v) is 11.2. The summed E-state index contributed by atoms with van der Waals surface area (Å²) in [5, 5.41) is 15.9. The van der Waals surface area contributed by atoms with Crippen LogP contribution in [0.5, 0.6) is 0 Å². The van der Waals surface area contributed by atoms with Gasteiger partial charge in [0.2, 0.25) is 6.39 Å². The Kier molecular flexibility index (Phi) is 4.84. The molecule has 0 aliphatic heterocycles. The summed E-state index contributed by atoms with van der Waals surface area (Å²) >= 11 is 0. The van der Waals surface area contributed by atoms with Gasteiger partial charge in [0.15, 0.2) is 5.82 Å². The first kappa shape index (κ1) is 14.2. The van der Waals surface area contributed by atoms with Crippen LogP contribution in [0, 0.1) is 0 Å². The Bertz CT molecular complexity index is 537. The van der Waals surface area contributed by atoms with E-state index in [0.717, 1.165) is 24.2 Å². The van der Waals surface area contributed by atoms with Crippen molar-refractivity contribution in [2.45, 2.75) is 25.8 Å². The Morgan fingerprint density at radius 1 is 1.40 bits per heavy atom. The van der Waals surface area contributed by atoms with Crippen molar-refractivity contribution in [2.24, 2.45) is 0 Å². The predicted molar refractivity (Wildman–Crippen MR) is 72.2 cm³/mol. The number of aliphatic carboxylic acids is 1. The number of carbonyl (C=O) groups is 1. The molecule has 20 heavy (non-hydrogen) atoms. The van der Waals surface area contributed by atoms with E-state index in [0.29, 0.717) is 12.2 Å². The Balaban J connectivity index is 1.77. The lowest BCUT2D eigenvalue weighted by Gasteiger charge is -2.08. The van der Waals surface area contributed by atoms with Crippen molar-refractivity contribution in [2.75, 3.05) is 6.54 Å². The fraction of sp³-hybridized carbons (Fsp3) is 0.357. The summed E-state index contributed by atoms with van der Waals surface area (Å²) in [6.45, 7) is 3.16. The minimum absolute atomic E-state index is 0.477. The van der Waals surface area contributed by atoms with Crippen LogP contribution in [0.3, 0.4) is 0 Å². The molecule has 2 rings (SSSR count). The number of aromatic nitrogens is 2. The Labute approximate surface area is 116 Å².